The van der Waals surface area contributed by atoms with Crippen LogP contribution in [0.5, 0.6) is 0 Å². The van der Waals surface area contributed by atoms with E-state index in [0.29, 0.717) is 11.1 Å². The van der Waals surface area contributed by atoms with Crippen LogP contribution in [0.4, 0.5) is 0 Å². The van der Waals surface area contributed by atoms with Gasteiger partial charge in [-0.3, -0.25) is 0 Å². The zero-order valence-corrected chi connectivity index (χ0v) is 11.1. The molecule has 0 spiro atoms. The summed E-state index contributed by atoms with van der Waals surface area (Å²) in [5.41, 5.74) is 1.34. The Bertz CT molecular complexity index is 528. The summed E-state index contributed by atoms with van der Waals surface area (Å²) in [4.78, 5) is 11.5. The molecule has 0 aliphatic heterocycles. The maximum Gasteiger partial charge on any atom is 0.365 e. The molecule has 104 valence electrons. The van der Waals surface area contributed by atoms with Crippen molar-refractivity contribution in [3.05, 3.63) is 71.8 Å². The smallest absolute Gasteiger partial charge is 0.365 e. The molecule has 0 fully saturated rings. The summed E-state index contributed by atoms with van der Waals surface area (Å²) in [6.45, 7) is 0. The van der Waals surface area contributed by atoms with E-state index in [4.69, 9.17) is 4.74 Å². The number of benzene rings is 2. The quantitative estimate of drug-likeness (QED) is 0.819. The van der Waals surface area contributed by atoms with Gasteiger partial charge in [0.05, 0.1) is 5.92 Å². The number of methoxy groups -OCH3 is 1. The van der Waals surface area contributed by atoms with E-state index in [9.17, 15) is 15.0 Å². The van der Waals surface area contributed by atoms with E-state index in [2.05, 4.69) is 0 Å². The molecule has 0 bridgehead atoms. The van der Waals surface area contributed by atoms with Crippen LogP contribution in [0.2, 0.25) is 0 Å². The summed E-state index contributed by atoms with van der Waals surface area (Å²) in [5.74, 6) is -4.55. The molecule has 0 radical (unpaired) electrons. The molecule has 2 aromatic carbocycles. The SMILES string of the molecule is COC(O)(C(=O)O)C(c1ccccc1)c1ccccc1. The molecule has 2 aromatic rings. The zero-order valence-electron chi connectivity index (χ0n) is 11.1. The normalized spacial score (nSPS) is 13.9. The van der Waals surface area contributed by atoms with Crippen LogP contribution in [-0.2, 0) is 9.53 Å². The van der Waals surface area contributed by atoms with Crippen molar-refractivity contribution in [3.8, 4) is 0 Å². The van der Waals surface area contributed by atoms with Crippen LogP contribution < -0.4 is 0 Å². The van der Waals surface area contributed by atoms with E-state index in [0.717, 1.165) is 0 Å². The topological polar surface area (TPSA) is 66.8 Å². The molecule has 0 amide bonds. The van der Waals surface area contributed by atoms with E-state index in [-0.39, 0.29) is 0 Å². The van der Waals surface area contributed by atoms with E-state index in [1.807, 2.05) is 12.1 Å². The maximum absolute atomic E-state index is 11.5. The number of carboxylic acid groups (broad SMARTS) is 1. The number of rotatable bonds is 5. The number of hydrogen-bond donors (Lipinski definition) is 2. The lowest BCUT2D eigenvalue weighted by molar-refractivity contribution is -0.219. The molecular weight excluding hydrogens is 256 g/mol. The standard InChI is InChI=1S/C16H16O4/c1-20-16(19,15(17)18)14(12-8-4-2-5-9-12)13-10-6-3-7-11-13/h2-11,14,19H,1H3,(H,17,18). The average molecular weight is 272 g/mol. The van der Waals surface area contributed by atoms with Crippen molar-refractivity contribution < 1.29 is 19.7 Å². The number of carboxylic acids is 1. The summed E-state index contributed by atoms with van der Waals surface area (Å²) in [5, 5.41) is 19.8. The van der Waals surface area contributed by atoms with Gasteiger partial charge in [-0.05, 0) is 11.1 Å². The van der Waals surface area contributed by atoms with Crippen LogP contribution in [-0.4, -0.2) is 29.1 Å². The predicted octanol–water partition coefficient (Wildman–Crippen LogP) is 2.24. The second-order valence-corrected chi connectivity index (χ2v) is 4.46. The van der Waals surface area contributed by atoms with Gasteiger partial charge in [-0.15, -0.1) is 0 Å². The van der Waals surface area contributed by atoms with Crippen LogP contribution in [0.25, 0.3) is 0 Å². The van der Waals surface area contributed by atoms with Crippen LogP contribution in [0.1, 0.15) is 17.0 Å². The van der Waals surface area contributed by atoms with Crippen LogP contribution in [0, 0.1) is 0 Å². The first-order valence-electron chi connectivity index (χ1n) is 6.20. The number of hydrogen-bond acceptors (Lipinski definition) is 3. The van der Waals surface area contributed by atoms with Crippen molar-refractivity contribution in [1.82, 2.24) is 0 Å². The summed E-state index contributed by atoms with van der Waals surface area (Å²) in [6.07, 6.45) is 0. The highest BCUT2D eigenvalue weighted by Gasteiger charge is 2.46. The third kappa shape index (κ3) is 2.57. The highest BCUT2D eigenvalue weighted by Crippen LogP contribution is 2.35. The predicted molar refractivity (Wildman–Crippen MR) is 74.3 cm³/mol. The number of aliphatic carboxylic acids is 1. The summed E-state index contributed by atoms with van der Waals surface area (Å²) in [7, 11) is 1.19. The second kappa shape index (κ2) is 5.86. The highest BCUT2D eigenvalue weighted by molar-refractivity contribution is 5.78. The Kier molecular flexibility index (Phi) is 4.17. The van der Waals surface area contributed by atoms with E-state index in [1.165, 1.54) is 7.11 Å². The molecule has 0 aromatic heterocycles. The number of ether oxygens (including phenoxy) is 1. The molecule has 2 rings (SSSR count). The first kappa shape index (κ1) is 14.2. The molecule has 4 heteroatoms. The molecule has 2 N–H and O–H groups in total. The molecule has 1 atom stereocenters. The molecule has 20 heavy (non-hydrogen) atoms. The Balaban J connectivity index is 2.59. The van der Waals surface area contributed by atoms with Crippen molar-refractivity contribution in [2.75, 3.05) is 7.11 Å². The van der Waals surface area contributed by atoms with Gasteiger partial charge >= 0.3 is 5.97 Å². The van der Waals surface area contributed by atoms with Gasteiger partial charge in [-0.1, -0.05) is 60.7 Å². The van der Waals surface area contributed by atoms with Crippen molar-refractivity contribution in [2.45, 2.75) is 11.7 Å². The van der Waals surface area contributed by atoms with Gasteiger partial charge in [0.2, 0.25) is 0 Å². The highest BCUT2D eigenvalue weighted by atomic mass is 16.6. The fourth-order valence-corrected chi connectivity index (χ4v) is 2.26. The van der Waals surface area contributed by atoms with Crippen molar-refractivity contribution in [2.24, 2.45) is 0 Å². The molecule has 0 saturated heterocycles. The molecule has 0 saturated carbocycles. The van der Waals surface area contributed by atoms with Crippen molar-refractivity contribution >= 4 is 5.97 Å². The third-order valence-electron chi connectivity index (χ3n) is 3.27. The molecule has 0 aliphatic rings. The molecule has 0 heterocycles. The number of carbonyl (C=O) groups is 1. The van der Waals surface area contributed by atoms with Gasteiger partial charge in [0, 0.05) is 7.11 Å². The fourth-order valence-electron chi connectivity index (χ4n) is 2.26. The van der Waals surface area contributed by atoms with Crippen LogP contribution in [0.3, 0.4) is 0 Å². The minimum Gasteiger partial charge on any atom is -0.477 e. The molecular formula is C16H16O4. The minimum atomic E-state index is -2.32. The van der Waals surface area contributed by atoms with Crippen molar-refractivity contribution in [1.29, 1.82) is 0 Å². The lowest BCUT2D eigenvalue weighted by Gasteiger charge is -2.31. The Morgan fingerprint density at radius 1 is 1.00 bits per heavy atom. The molecule has 4 nitrogen and oxygen atoms in total. The van der Waals surface area contributed by atoms with Gasteiger partial charge in [-0.2, -0.15) is 0 Å². The first-order valence-corrected chi connectivity index (χ1v) is 6.20. The van der Waals surface area contributed by atoms with E-state index < -0.39 is 17.7 Å². The second-order valence-electron chi connectivity index (χ2n) is 4.46. The van der Waals surface area contributed by atoms with Gasteiger partial charge in [0.1, 0.15) is 0 Å². The average Bonchev–Trinajstić information content (AvgIpc) is 2.49. The molecule has 0 aliphatic carbocycles. The van der Waals surface area contributed by atoms with Crippen LogP contribution >= 0.6 is 0 Å². The van der Waals surface area contributed by atoms with E-state index in [1.54, 1.807) is 48.5 Å². The summed E-state index contributed by atoms with van der Waals surface area (Å²) in [6, 6.07) is 17.9. The zero-order chi connectivity index (χ0) is 14.6. The Morgan fingerprint density at radius 3 is 1.70 bits per heavy atom. The first-order chi connectivity index (χ1) is 9.59. The number of aliphatic hydroxyl groups is 1. The van der Waals surface area contributed by atoms with Gasteiger partial charge in [-0.25, -0.2) is 4.79 Å². The van der Waals surface area contributed by atoms with Crippen molar-refractivity contribution in [3.63, 3.8) is 0 Å². The van der Waals surface area contributed by atoms with Crippen LogP contribution in [0.15, 0.2) is 60.7 Å². The Labute approximate surface area is 117 Å². The third-order valence-corrected chi connectivity index (χ3v) is 3.27. The maximum atomic E-state index is 11.5. The molecule has 1 unspecified atom stereocenters. The summed E-state index contributed by atoms with van der Waals surface area (Å²) >= 11 is 0. The van der Waals surface area contributed by atoms with Gasteiger partial charge < -0.3 is 14.9 Å². The van der Waals surface area contributed by atoms with Gasteiger partial charge in [0.25, 0.3) is 5.79 Å². The summed E-state index contributed by atoms with van der Waals surface area (Å²) < 4.78 is 4.93. The van der Waals surface area contributed by atoms with E-state index >= 15 is 0 Å². The fraction of sp³-hybridized carbons (Fsp3) is 0.188. The minimum absolute atomic E-state index is 0.672. The lowest BCUT2D eigenvalue weighted by atomic mass is 9.84. The monoisotopic (exact) mass is 272 g/mol. The largest absolute Gasteiger partial charge is 0.477 e. The lowest BCUT2D eigenvalue weighted by Crippen LogP contribution is -2.46. The Hall–Kier alpha value is -2.17. The Morgan fingerprint density at radius 2 is 1.40 bits per heavy atom. The van der Waals surface area contributed by atoms with Gasteiger partial charge in [0.15, 0.2) is 0 Å².